The smallest absolute Gasteiger partial charge is 0.0488 e. The molecule has 2 N–H and O–H groups in total. The summed E-state index contributed by atoms with van der Waals surface area (Å²) in [5.41, 5.74) is 7.28. The number of hydrogen-bond acceptors (Lipinski definition) is 3. The standard InChI is InChI=1S/C14H21N3/c15-8-14(12-2-1-7-16-9-12)17(13-5-6-13)10-11-3-4-11/h1-2,7,9,11,13-14H,3-6,8,10,15H2. The summed E-state index contributed by atoms with van der Waals surface area (Å²) >= 11 is 0. The monoisotopic (exact) mass is 231 g/mol. The van der Waals surface area contributed by atoms with Crippen LogP contribution in [0.1, 0.15) is 37.3 Å². The van der Waals surface area contributed by atoms with Crippen molar-refractivity contribution in [2.24, 2.45) is 11.7 Å². The Labute approximate surface area is 103 Å². The third-order valence-electron chi connectivity index (χ3n) is 3.87. The minimum Gasteiger partial charge on any atom is -0.329 e. The van der Waals surface area contributed by atoms with Crippen LogP contribution >= 0.6 is 0 Å². The fourth-order valence-electron chi connectivity index (χ4n) is 2.57. The fourth-order valence-corrected chi connectivity index (χ4v) is 2.57. The molecule has 0 aromatic carbocycles. The van der Waals surface area contributed by atoms with E-state index in [4.69, 9.17) is 5.73 Å². The van der Waals surface area contributed by atoms with E-state index >= 15 is 0 Å². The SMILES string of the molecule is NCC(c1cccnc1)N(CC1CC1)C1CC1. The molecule has 3 rings (SSSR count). The molecule has 3 heteroatoms. The van der Waals surface area contributed by atoms with Crippen LogP contribution in [0.15, 0.2) is 24.5 Å². The Bertz CT molecular complexity index is 357. The number of rotatable bonds is 6. The molecule has 17 heavy (non-hydrogen) atoms. The maximum atomic E-state index is 6.00. The molecule has 0 radical (unpaired) electrons. The average molecular weight is 231 g/mol. The van der Waals surface area contributed by atoms with E-state index < -0.39 is 0 Å². The Balaban J connectivity index is 1.76. The first-order chi connectivity index (χ1) is 8.38. The minimum atomic E-state index is 0.372. The van der Waals surface area contributed by atoms with Crippen molar-refractivity contribution in [2.45, 2.75) is 37.8 Å². The van der Waals surface area contributed by atoms with Gasteiger partial charge < -0.3 is 5.73 Å². The van der Waals surface area contributed by atoms with Crippen LogP contribution < -0.4 is 5.73 Å². The Morgan fingerprint density at radius 3 is 2.71 bits per heavy atom. The van der Waals surface area contributed by atoms with Gasteiger partial charge >= 0.3 is 0 Å². The van der Waals surface area contributed by atoms with Crippen molar-refractivity contribution >= 4 is 0 Å². The lowest BCUT2D eigenvalue weighted by Gasteiger charge is -2.31. The van der Waals surface area contributed by atoms with E-state index in [1.807, 2.05) is 18.5 Å². The molecule has 92 valence electrons. The predicted molar refractivity (Wildman–Crippen MR) is 68.5 cm³/mol. The number of nitrogens with zero attached hydrogens (tertiary/aromatic N) is 2. The average Bonchev–Trinajstić information content (AvgIpc) is 3.24. The summed E-state index contributed by atoms with van der Waals surface area (Å²) < 4.78 is 0. The second kappa shape index (κ2) is 4.75. The molecule has 1 aromatic rings. The highest BCUT2D eigenvalue weighted by atomic mass is 15.2. The summed E-state index contributed by atoms with van der Waals surface area (Å²) in [6.45, 7) is 1.94. The fraction of sp³-hybridized carbons (Fsp3) is 0.643. The Hall–Kier alpha value is -0.930. The lowest BCUT2D eigenvalue weighted by molar-refractivity contribution is 0.182. The molecule has 2 fully saturated rings. The van der Waals surface area contributed by atoms with E-state index in [1.165, 1.54) is 37.8 Å². The number of aromatic nitrogens is 1. The molecular formula is C14H21N3. The van der Waals surface area contributed by atoms with Crippen LogP contribution in [0.4, 0.5) is 0 Å². The maximum absolute atomic E-state index is 6.00. The van der Waals surface area contributed by atoms with Crippen molar-refractivity contribution in [1.82, 2.24) is 9.88 Å². The lowest BCUT2D eigenvalue weighted by atomic mass is 10.1. The zero-order valence-corrected chi connectivity index (χ0v) is 10.3. The Morgan fingerprint density at radius 1 is 1.35 bits per heavy atom. The van der Waals surface area contributed by atoms with Gasteiger partial charge in [-0.3, -0.25) is 9.88 Å². The molecule has 1 atom stereocenters. The molecule has 1 heterocycles. The maximum Gasteiger partial charge on any atom is 0.0488 e. The normalized spacial score (nSPS) is 21.8. The van der Waals surface area contributed by atoms with Gasteiger partial charge in [-0.1, -0.05) is 6.07 Å². The minimum absolute atomic E-state index is 0.372. The first kappa shape index (κ1) is 11.2. The highest BCUT2D eigenvalue weighted by molar-refractivity contribution is 5.16. The van der Waals surface area contributed by atoms with Gasteiger partial charge in [-0.15, -0.1) is 0 Å². The summed E-state index contributed by atoms with van der Waals surface area (Å²) in [4.78, 5) is 6.86. The van der Waals surface area contributed by atoms with Gasteiger partial charge in [-0.2, -0.15) is 0 Å². The molecule has 0 amide bonds. The van der Waals surface area contributed by atoms with Crippen molar-refractivity contribution < 1.29 is 0 Å². The third-order valence-corrected chi connectivity index (χ3v) is 3.87. The molecule has 2 saturated carbocycles. The van der Waals surface area contributed by atoms with Gasteiger partial charge in [0.2, 0.25) is 0 Å². The lowest BCUT2D eigenvalue weighted by Crippen LogP contribution is -2.37. The molecule has 0 aliphatic heterocycles. The Morgan fingerprint density at radius 2 is 2.18 bits per heavy atom. The van der Waals surface area contributed by atoms with Crippen LogP contribution in [-0.2, 0) is 0 Å². The van der Waals surface area contributed by atoms with Crippen LogP contribution in [0.5, 0.6) is 0 Å². The second-order valence-corrected chi connectivity index (χ2v) is 5.41. The van der Waals surface area contributed by atoms with E-state index in [0.717, 1.165) is 12.0 Å². The van der Waals surface area contributed by atoms with Crippen molar-refractivity contribution in [1.29, 1.82) is 0 Å². The third kappa shape index (κ3) is 2.67. The van der Waals surface area contributed by atoms with Crippen LogP contribution in [0, 0.1) is 5.92 Å². The van der Waals surface area contributed by atoms with Crippen LogP contribution in [-0.4, -0.2) is 29.0 Å². The number of pyridine rings is 1. The quantitative estimate of drug-likeness (QED) is 0.813. The summed E-state index contributed by atoms with van der Waals surface area (Å²) in [6, 6.07) is 5.33. The van der Waals surface area contributed by atoms with Gasteiger partial charge in [-0.05, 0) is 43.2 Å². The highest BCUT2D eigenvalue weighted by Gasteiger charge is 2.37. The largest absolute Gasteiger partial charge is 0.329 e. The zero-order chi connectivity index (χ0) is 11.7. The van der Waals surface area contributed by atoms with Gasteiger partial charge in [0.05, 0.1) is 0 Å². The van der Waals surface area contributed by atoms with Gasteiger partial charge in [0.25, 0.3) is 0 Å². The van der Waals surface area contributed by atoms with Gasteiger partial charge in [0.15, 0.2) is 0 Å². The molecule has 1 unspecified atom stereocenters. The topological polar surface area (TPSA) is 42.1 Å². The summed E-state index contributed by atoms with van der Waals surface area (Å²) in [5, 5.41) is 0. The van der Waals surface area contributed by atoms with E-state index in [2.05, 4.69) is 16.0 Å². The zero-order valence-electron chi connectivity index (χ0n) is 10.3. The van der Waals surface area contributed by atoms with E-state index in [-0.39, 0.29) is 0 Å². The van der Waals surface area contributed by atoms with Gasteiger partial charge in [0, 0.05) is 37.6 Å². The molecule has 0 saturated heterocycles. The molecule has 3 nitrogen and oxygen atoms in total. The van der Waals surface area contributed by atoms with Crippen LogP contribution in [0.25, 0.3) is 0 Å². The van der Waals surface area contributed by atoms with Gasteiger partial charge in [-0.25, -0.2) is 0 Å². The van der Waals surface area contributed by atoms with Crippen molar-refractivity contribution in [2.75, 3.05) is 13.1 Å². The first-order valence-corrected chi connectivity index (χ1v) is 6.74. The van der Waals surface area contributed by atoms with Crippen molar-refractivity contribution in [3.05, 3.63) is 30.1 Å². The van der Waals surface area contributed by atoms with E-state index in [0.29, 0.717) is 12.6 Å². The summed E-state index contributed by atoms with van der Waals surface area (Å²) in [5.74, 6) is 0.932. The molecule has 2 aliphatic carbocycles. The molecule has 0 bridgehead atoms. The summed E-state index contributed by atoms with van der Waals surface area (Å²) in [6.07, 6.45) is 9.33. The highest BCUT2D eigenvalue weighted by Crippen LogP contribution is 2.39. The van der Waals surface area contributed by atoms with Crippen molar-refractivity contribution in [3.8, 4) is 0 Å². The molecular weight excluding hydrogens is 210 g/mol. The molecule has 1 aromatic heterocycles. The molecule has 2 aliphatic rings. The number of nitrogens with two attached hydrogens (primary N) is 1. The van der Waals surface area contributed by atoms with E-state index in [1.54, 1.807) is 0 Å². The van der Waals surface area contributed by atoms with Gasteiger partial charge in [0.1, 0.15) is 0 Å². The summed E-state index contributed by atoms with van der Waals surface area (Å²) in [7, 11) is 0. The second-order valence-electron chi connectivity index (χ2n) is 5.41. The first-order valence-electron chi connectivity index (χ1n) is 6.74. The Kier molecular flexibility index (Phi) is 3.12. The van der Waals surface area contributed by atoms with Crippen LogP contribution in [0.3, 0.4) is 0 Å². The van der Waals surface area contributed by atoms with Crippen LogP contribution in [0.2, 0.25) is 0 Å². The van der Waals surface area contributed by atoms with E-state index in [9.17, 15) is 0 Å². The van der Waals surface area contributed by atoms with Crippen molar-refractivity contribution in [3.63, 3.8) is 0 Å². The number of hydrogen-bond donors (Lipinski definition) is 1. The predicted octanol–water partition coefficient (Wildman–Crippen LogP) is 1.96. The molecule has 0 spiro atoms.